The Kier molecular flexibility index (Phi) is 15.7. The van der Waals surface area contributed by atoms with Gasteiger partial charge in [0, 0.05) is 70.3 Å². The summed E-state index contributed by atoms with van der Waals surface area (Å²) in [6, 6.07) is 31.1. The summed E-state index contributed by atoms with van der Waals surface area (Å²) in [7, 11) is -8.04. The van der Waals surface area contributed by atoms with E-state index in [2.05, 4.69) is 10.6 Å². The number of carbonyl (C=O) groups is 4. The third-order valence-electron chi connectivity index (χ3n) is 10.7. The van der Waals surface area contributed by atoms with Crippen LogP contribution in [-0.4, -0.2) is 85.5 Å². The van der Waals surface area contributed by atoms with Crippen LogP contribution >= 0.6 is 0 Å². The number of imide groups is 2. The first kappa shape index (κ1) is 48.9. The smallest absolute Gasteiger partial charge is 0.294 e. The third-order valence-corrected chi connectivity index (χ3v) is 12.5. The Labute approximate surface area is 380 Å². The zero-order valence-electron chi connectivity index (χ0n) is 35.8. The standard InChI is InChI=1S/C34H30F2N4O4.2C7H8O3S/c35-27-9-3-1-7-21(27)19-37-15-5-17-39-31(41)23-11-13-25-30-26(14-12-24(29(23)30)32(39)42)34(44)40(33(25)43)18-6-16-38-20-22-8-2-4-10-28(22)36;2*1-6-2-4-7(5-3-6)11(8,9)10/h1-4,7-14,37-38H,5-6,15-20H2;2*2-5H,1H3,(H,8,9,10). The lowest BCUT2D eigenvalue weighted by atomic mass is 9.86. The quantitative estimate of drug-likeness (QED) is 0.0488. The number of benzene rings is 6. The van der Waals surface area contributed by atoms with E-state index in [0.29, 0.717) is 60.9 Å². The van der Waals surface area contributed by atoms with Crippen molar-refractivity contribution in [2.24, 2.45) is 0 Å². The molecule has 2 aliphatic rings. The predicted octanol–water partition coefficient (Wildman–Crippen LogP) is 7.15. The van der Waals surface area contributed by atoms with Gasteiger partial charge in [0.2, 0.25) is 0 Å². The van der Waals surface area contributed by atoms with E-state index in [1.165, 1.54) is 46.2 Å². The van der Waals surface area contributed by atoms with Crippen LogP contribution in [0.1, 0.15) is 76.5 Å². The summed E-state index contributed by atoms with van der Waals surface area (Å²) in [6.45, 7) is 5.57. The zero-order valence-corrected chi connectivity index (χ0v) is 37.5. The average molecular weight is 941 g/mol. The minimum absolute atomic E-state index is 0.0666. The molecule has 0 atom stereocenters. The van der Waals surface area contributed by atoms with Crippen molar-refractivity contribution < 1.29 is 53.9 Å². The number of nitrogens with one attached hydrogen (secondary N) is 2. The number of aryl methyl sites for hydroxylation is 2. The highest BCUT2D eigenvalue weighted by Gasteiger charge is 2.39. The molecule has 0 bridgehead atoms. The molecule has 0 fully saturated rings. The second-order valence-corrected chi connectivity index (χ2v) is 18.3. The number of hydrogen-bond donors (Lipinski definition) is 4. The van der Waals surface area contributed by atoms with E-state index in [4.69, 9.17) is 9.11 Å². The first-order chi connectivity index (χ1) is 31.4. The van der Waals surface area contributed by atoms with Crippen LogP contribution in [0.5, 0.6) is 0 Å². The van der Waals surface area contributed by atoms with E-state index in [0.717, 1.165) is 11.1 Å². The second kappa shape index (κ2) is 21.2. The van der Waals surface area contributed by atoms with Crippen molar-refractivity contribution in [1.82, 2.24) is 20.4 Å². The van der Waals surface area contributed by atoms with Crippen LogP contribution < -0.4 is 10.6 Å². The summed E-state index contributed by atoms with van der Waals surface area (Å²) < 4.78 is 86.8. The molecule has 6 aromatic carbocycles. The molecule has 66 heavy (non-hydrogen) atoms. The first-order valence-electron chi connectivity index (χ1n) is 20.7. The zero-order chi connectivity index (χ0) is 47.8. The summed E-state index contributed by atoms with van der Waals surface area (Å²) in [6.07, 6.45) is 0.920. The van der Waals surface area contributed by atoms with Gasteiger partial charge >= 0.3 is 0 Å². The normalized spacial score (nSPS) is 13.3. The molecular weight excluding hydrogens is 895 g/mol. The highest BCUT2D eigenvalue weighted by Crippen LogP contribution is 2.38. The first-order valence-corrected chi connectivity index (χ1v) is 23.5. The van der Waals surface area contributed by atoms with E-state index in [1.54, 1.807) is 84.9 Å². The van der Waals surface area contributed by atoms with Gasteiger partial charge in [-0.2, -0.15) is 16.8 Å². The van der Waals surface area contributed by atoms with Crippen molar-refractivity contribution >= 4 is 54.6 Å². The lowest BCUT2D eigenvalue weighted by Gasteiger charge is -2.32. The van der Waals surface area contributed by atoms with Gasteiger partial charge in [0.1, 0.15) is 11.6 Å². The SMILES string of the molecule is Cc1ccc(S(=O)(=O)O)cc1.Cc1ccc(S(=O)(=O)O)cc1.O=C1c2ccc3c4c(ccc(c24)C(=O)N1CCCNCc1ccccc1F)C(=O)N(CCCNCc1ccccc1F)C3=O. The van der Waals surface area contributed by atoms with Crippen LogP contribution in [0.15, 0.2) is 131 Å². The van der Waals surface area contributed by atoms with E-state index >= 15 is 0 Å². The Bertz CT molecular complexity index is 2750. The summed E-state index contributed by atoms with van der Waals surface area (Å²) in [4.78, 5) is 56.0. The topological polar surface area (TPSA) is 208 Å². The summed E-state index contributed by atoms with van der Waals surface area (Å²) in [5.74, 6) is -2.53. The van der Waals surface area contributed by atoms with Crippen molar-refractivity contribution in [3.63, 3.8) is 0 Å². The molecule has 6 aromatic rings. The third kappa shape index (κ3) is 11.6. The molecule has 4 amide bonds. The Morgan fingerprint density at radius 2 is 0.773 bits per heavy atom. The van der Waals surface area contributed by atoms with E-state index in [9.17, 15) is 44.8 Å². The van der Waals surface area contributed by atoms with Crippen LogP contribution in [0.25, 0.3) is 10.8 Å². The van der Waals surface area contributed by atoms with Crippen molar-refractivity contribution in [2.45, 2.75) is 49.6 Å². The highest BCUT2D eigenvalue weighted by atomic mass is 32.2. The number of nitrogens with zero attached hydrogens (tertiary/aromatic N) is 2. The molecule has 2 aliphatic heterocycles. The number of amides is 4. The molecule has 0 aliphatic carbocycles. The Balaban J connectivity index is 0.000000266. The molecule has 0 saturated heterocycles. The van der Waals surface area contributed by atoms with Crippen molar-refractivity contribution in [1.29, 1.82) is 0 Å². The van der Waals surface area contributed by atoms with Crippen molar-refractivity contribution in [3.8, 4) is 0 Å². The van der Waals surface area contributed by atoms with Crippen molar-refractivity contribution in [2.75, 3.05) is 26.2 Å². The summed E-state index contributed by atoms with van der Waals surface area (Å²) in [5.41, 5.74) is 4.05. The Hall–Kier alpha value is -6.54. The van der Waals surface area contributed by atoms with Gasteiger partial charge in [-0.1, -0.05) is 71.8 Å². The molecule has 14 nitrogen and oxygen atoms in total. The van der Waals surface area contributed by atoms with Gasteiger partial charge in [-0.15, -0.1) is 0 Å². The molecule has 0 unspecified atom stereocenters. The molecule has 344 valence electrons. The monoisotopic (exact) mass is 940 g/mol. The van der Waals surface area contributed by atoms with E-state index in [-0.39, 0.29) is 56.8 Å². The van der Waals surface area contributed by atoms with Crippen LogP contribution in [0, 0.1) is 25.5 Å². The fraction of sp³-hybridized carbons (Fsp3) is 0.208. The van der Waals surface area contributed by atoms with Crippen LogP contribution in [0.4, 0.5) is 8.78 Å². The van der Waals surface area contributed by atoms with Gasteiger partial charge < -0.3 is 10.6 Å². The lowest BCUT2D eigenvalue weighted by Crippen LogP contribution is -2.44. The van der Waals surface area contributed by atoms with Crippen molar-refractivity contribution in [3.05, 3.63) is 177 Å². The lowest BCUT2D eigenvalue weighted by molar-refractivity contribution is 0.0587. The number of hydrogen-bond acceptors (Lipinski definition) is 10. The average Bonchev–Trinajstić information content (AvgIpc) is 3.28. The molecule has 0 aromatic heterocycles. The Morgan fingerprint density at radius 1 is 0.470 bits per heavy atom. The van der Waals surface area contributed by atoms with Gasteiger partial charge in [-0.05, 0) is 100 Å². The predicted molar refractivity (Wildman–Crippen MR) is 242 cm³/mol. The van der Waals surface area contributed by atoms with Crippen LogP contribution in [0.3, 0.4) is 0 Å². The maximum absolute atomic E-state index is 13.9. The fourth-order valence-corrected chi connectivity index (χ4v) is 8.22. The molecule has 4 N–H and O–H groups in total. The maximum Gasteiger partial charge on any atom is 0.294 e. The van der Waals surface area contributed by atoms with Crippen LogP contribution in [-0.2, 0) is 33.3 Å². The van der Waals surface area contributed by atoms with Crippen LogP contribution in [0.2, 0.25) is 0 Å². The number of rotatable bonds is 14. The fourth-order valence-electron chi connectivity index (χ4n) is 7.26. The highest BCUT2D eigenvalue weighted by molar-refractivity contribution is 7.86. The van der Waals surface area contributed by atoms with E-state index < -0.39 is 43.9 Å². The minimum atomic E-state index is -4.02. The summed E-state index contributed by atoms with van der Waals surface area (Å²) in [5, 5.41) is 6.94. The number of halogens is 2. The maximum atomic E-state index is 13.9. The van der Waals surface area contributed by atoms with Gasteiger partial charge in [0.15, 0.2) is 0 Å². The largest absolute Gasteiger partial charge is 0.312 e. The summed E-state index contributed by atoms with van der Waals surface area (Å²) >= 11 is 0. The number of carbonyl (C=O) groups excluding carboxylic acids is 4. The molecular formula is C48H46F2N4O10S2. The molecule has 18 heteroatoms. The van der Waals surface area contributed by atoms with Gasteiger partial charge in [-0.25, -0.2) is 8.78 Å². The van der Waals surface area contributed by atoms with Gasteiger partial charge in [0.25, 0.3) is 43.9 Å². The second-order valence-electron chi connectivity index (χ2n) is 15.4. The Morgan fingerprint density at radius 3 is 1.06 bits per heavy atom. The molecule has 0 saturated carbocycles. The minimum Gasteiger partial charge on any atom is -0.312 e. The van der Waals surface area contributed by atoms with Gasteiger partial charge in [0.05, 0.1) is 9.79 Å². The molecule has 2 heterocycles. The molecule has 0 spiro atoms. The molecule has 8 rings (SSSR count). The van der Waals surface area contributed by atoms with E-state index in [1.807, 2.05) is 13.8 Å². The molecule has 0 radical (unpaired) electrons. The van der Waals surface area contributed by atoms with Gasteiger partial charge in [-0.3, -0.25) is 38.1 Å².